The second-order valence-corrected chi connectivity index (χ2v) is 2.26. The van der Waals surface area contributed by atoms with Crippen LogP contribution in [0, 0.1) is 0 Å². The Labute approximate surface area is 72.3 Å². The Morgan fingerprint density at radius 2 is 1.10 bits per heavy atom. The third-order valence-corrected chi connectivity index (χ3v) is 0. The van der Waals surface area contributed by atoms with Gasteiger partial charge in [0.1, 0.15) is 0 Å². The molecule has 3 N–H and O–H groups in total. The van der Waals surface area contributed by atoms with Crippen LogP contribution in [0.1, 0.15) is 0 Å². The molecule has 0 spiro atoms. The van der Waals surface area contributed by atoms with Gasteiger partial charge in [0.25, 0.3) is 0 Å². The molecule has 0 aliphatic rings. The van der Waals surface area contributed by atoms with Gasteiger partial charge in [-0.05, 0) is 0 Å². The van der Waals surface area contributed by atoms with Gasteiger partial charge in [-0.25, -0.2) is 4.57 Å². The van der Waals surface area contributed by atoms with Crippen LogP contribution in [0.25, 0.3) is 0 Å². The first-order valence-electron chi connectivity index (χ1n) is 1.25. The maximum atomic E-state index is 9.79. The molecule has 0 unspecified atom stereocenters. The Morgan fingerprint density at radius 3 is 1.10 bits per heavy atom. The van der Waals surface area contributed by atoms with Gasteiger partial charge in [-0.15, -0.1) is 0 Å². The summed E-state index contributed by atoms with van der Waals surface area (Å²) >= 11 is -4.54. The normalized spacial score (nSPS) is 9.50. The van der Waals surface area contributed by atoms with Gasteiger partial charge >= 0.3 is 52.8 Å². The molecular weight excluding hydrogens is 211 g/mol. The van der Waals surface area contributed by atoms with E-state index in [1.54, 1.807) is 0 Å². The van der Waals surface area contributed by atoms with E-state index in [0.29, 0.717) is 0 Å². The summed E-state index contributed by atoms with van der Waals surface area (Å²) in [6, 6.07) is 0. The number of hydrogen-bond acceptors (Lipinski definition) is 1. The second-order valence-electron chi connectivity index (χ2n) is 0.688. The predicted molar refractivity (Wildman–Crippen MR) is 24.7 cm³/mol. The molecule has 0 rings (SSSR count). The molecule has 0 aromatic carbocycles. The van der Waals surface area contributed by atoms with E-state index in [9.17, 15) is 10.6 Å². The molecule has 0 saturated carbocycles. The van der Waals surface area contributed by atoms with Crippen LogP contribution < -0.4 is 0 Å². The van der Waals surface area contributed by atoms with Crippen molar-refractivity contribution in [1.82, 2.24) is 0 Å². The van der Waals surface area contributed by atoms with E-state index in [4.69, 9.17) is 19.2 Å². The van der Waals surface area contributed by atoms with Gasteiger partial charge < -0.3 is 14.7 Å². The van der Waals surface area contributed by atoms with E-state index in [-0.39, 0.29) is 18.9 Å². The van der Waals surface area contributed by atoms with Crippen LogP contribution in [0.3, 0.4) is 0 Å². The summed E-state index contributed by atoms with van der Waals surface area (Å²) in [7, 11) is -4.64. The average Bonchev–Trinajstić information content (AvgIpc) is 1.19. The van der Waals surface area contributed by atoms with E-state index in [0.717, 1.165) is 0 Å². The fraction of sp³-hybridized carbons (Fsp3) is 0. The molecule has 0 aromatic heterocycles. The Balaban J connectivity index is -0.0000000910. The minimum atomic E-state index is -4.64. The molecule has 10 heavy (non-hydrogen) atoms. The van der Waals surface area contributed by atoms with Crippen molar-refractivity contribution < 1.29 is 45.3 Å². The first kappa shape index (κ1) is 17.2. The van der Waals surface area contributed by atoms with Crippen LogP contribution in [0.2, 0.25) is 0 Å². The zero-order chi connectivity index (χ0) is 8.08. The monoisotopic (exact) mass is 215 g/mol. The van der Waals surface area contributed by atoms with Crippen molar-refractivity contribution >= 4 is 26.7 Å². The van der Waals surface area contributed by atoms with E-state index < -0.39 is 23.4 Å². The van der Waals surface area contributed by atoms with Crippen molar-refractivity contribution in [3.8, 4) is 0 Å². The van der Waals surface area contributed by atoms with Gasteiger partial charge in [-0.2, -0.15) is 0 Å². The quantitative estimate of drug-likeness (QED) is 0.382. The number of halogens is 3. The van der Waals surface area contributed by atoms with E-state index in [2.05, 4.69) is 0 Å². The maximum absolute atomic E-state index is 9.79. The Bertz CT molecular complexity index is 91.7. The fourth-order valence-corrected chi connectivity index (χ4v) is 0. The van der Waals surface area contributed by atoms with E-state index in [1.807, 2.05) is 0 Å². The fourth-order valence-electron chi connectivity index (χ4n) is 0. The summed E-state index contributed by atoms with van der Waals surface area (Å²) in [5.41, 5.74) is 0. The van der Waals surface area contributed by atoms with Crippen LogP contribution in [0.15, 0.2) is 0 Å². The molecule has 0 atom stereocenters. The summed E-state index contributed by atoms with van der Waals surface area (Å²) in [6.07, 6.45) is 0. The van der Waals surface area contributed by atoms with Crippen molar-refractivity contribution in [2.45, 2.75) is 0 Å². The van der Waals surface area contributed by atoms with Gasteiger partial charge in [0, 0.05) is 0 Å². The first-order chi connectivity index (χ1) is 3.73. The Morgan fingerprint density at radius 1 is 1.10 bits per heavy atom. The SMILES string of the molecule is O=P(O)(O)O.[F][Cr]([F])[F].[LiH]. The van der Waals surface area contributed by atoms with Gasteiger partial charge in [0.05, 0.1) is 0 Å². The molecule has 0 amide bonds. The van der Waals surface area contributed by atoms with Gasteiger partial charge in [0.2, 0.25) is 0 Å². The number of hydrogen-bond donors (Lipinski definition) is 3. The van der Waals surface area contributed by atoms with Crippen LogP contribution in [-0.4, -0.2) is 33.5 Å². The molecule has 10 heteroatoms. The summed E-state index contributed by atoms with van der Waals surface area (Å²) in [6.45, 7) is 0. The molecule has 0 aliphatic carbocycles. The molecule has 0 bridgehead atoms. The number of phosphoric acid groups is 1. The van der Waals surface area contributed by atoms with Crippen LogP contribution >= 0.6 is 7.82 Å². The summed E-state index contributed by atoms with van der Waals surface area (Å²) in [5.74, 6) is 0. The molecular formula is H4CrF3LiO4P. The molecule has 61 valence electrons. The topological polar surface area (TPSA) is 77.8 Å². The van der Waals surface area contributed by atoms with Crippen LogP contribution in [0.5, 0.6) is 0 Å². The van der Waals surface area contributed by atoms with E-state index >= 15 is 0 Å². The summed E-state index contributed by atoms with van der Waals surface area (Å²) < 4.78 is 38.3. The zero-order valence-corrected chi connectivity index (χ0v) is 5.91. The molecule has 0 saturated heterocycles. The third-order valence-electron chi connectivity index (χ3n) is 0. The van der Waals surface area contributed by atoms with Crippen molar-refractivity contribution in [3.05, 3.63) is 0 Å². The summed E-state index contributed by atoms with van der Waals surface area (Å²) in [5, 5.41) is 0. The van der Waals surface area contributed by atoms with Crippen molar-refractivity contribution in [2.75, 3.05) is 0 Å². The van der Waals surface area contributed by atoms with Crippen LogP contribution in [-0.2, 0) is 20.1 Å². The van der Waals surface area contributed by atoms with Gasteiger partial charge in [0.15, 0.2) is 0 Å². The minimum absolute atomic E-state index is 0. The molecule has 0 radical (unpaired) electrons. The predicted octanol–water partition coefficient (Wildman–Crippen LogP) is -0.319. The first-order valence-corrected chi connectivity index (χ1v) is 4.26. The number of rotatable bonds is 0. The van der Waals surface area contributed by atoms with Crippen LogP contribution in [0.4, 0.5) is 10.6 Å². The molecule has 4 nitrogen and oxygen atoms in total. The van der Waals surface area contributed by atoms with Gasteiger partial charge in [-0.1, -0.05) is 0 Å². The Kier molecular flexibility index (Phi) is 14.0. The van der Waals surface area contributed by atoms with Gasteiger partial charge in [-0.3, -0.25) is 0 Å². The average molecular weight is 215 g/mol. The Hall–Kier alpha value is 1.03. The van der Waals surface area contributed by atoms with E-state index in [1.165, 1.54) is 0 Å². The standard InChI is InChI=1S/Cr.3FH.Li.H3O4P.H/c;;;;;1-5(2,3)4;/h;3*1H;;(H3,1,2,3,4);/q+3;;;;;;/p-3. The third kappa shape index (κ3) is 549. The second kappa shape index (κ2) is 8.13. The summed E-state index contributed by atoms with van der Waals surface area (Å²) in [4.78, 5) is 21.6. The molecule has 0 aliphatic heterocycles. The zero-order valence-electron chi connectivity index (χ0n) is 3.74. The molecule has 0 aromatic rings. The van der Waals surface area contributed by atoms with Crippen molar-refractivity contribution in [2.24, 2.45) is 0 Å². The molecule has 0 fully saturated rings. The van der Waals surface area contributed by atoms with Crippen molar-refractivity contribution in [3.63, 3.8) is 0 Å². The van der Waals surface area contributed by atoms with Crippen molar-refractivity contribution in [1.29, 1.82) is 0 Å². The molecule has 0 heterocycles.